The maximum atomic E-state index is 12.8. The van der Waals surface area contributed by atoms with Gasteiger partial charge in [-0.2, -0.15) is 0 Å². The first-order valence-corrected chi connectivity index (χ1v) is 20.3. The van der Waals surface area contributed by atoms with Crippen molar-refractivity contribution < 1.29 is 36.0 Å². The van der Waals surface area contributed by atoms with Crippen molar-refractivity contribution in [3.8, 4) is 0 Å². The van der Waals surface area contributed by atoms with Gasteiger partial charge in [-0.15, -0.1) is 0 Å². The molecule has 0 aromatic carbocycles. The normalized spacial score (nSPS) is 13.1. The van der Waals surface area contributed by atoms with Crippen LogP contribution in [0.15, 0.2) is 24.3 Å². The zero-order valence-corrected chi connectivity index (χ0v) is 33.5. The zero-order chi connectivity index (χ0) is 34.9. The number of halogens is 1. The lowest BCUT2D eigenvalue weighted by molar-refractivity contribution is -0.974. The third-order valence-electron chi connectivity index (χ3n) is 9.30. The van der Waals surface area contributed by atoms with E-state index >= 15 is 0 Å². The molecule has 0 bridgehead atoms. The molecule has 0 rings (SSSR count). The van der Waals surface area contributed by atoms with Gasteiger partial charge in [0.15, 0.2) is 0 Å². The molecular formula is C42H80ClNO4. The Kier molecular flexibility index (Phi) is 34.7. The Bertz CT molecular complexity index is 735. The SMILES string of the molecule is CCCCCCCCC=CCCCCCCCC(=O)OC(CC)(OC(=O)CCCCCCCC=CCCCCCCCC)[N+](C)(C)C.[Cl-]. The van der Waals surface area contributed by atoms with Crippen molar-refractivity contribution >= 4 is 11.9 Å². The number of esters is 2. The predicted molar refractivity (Wildman–Crippen MR) is 202 cm³/mol. The van der Waals surface area contributed by atoms with Crippen LogP contribution in [-0.4, -0.2) is 43.5 Å². The zero-order valence-electron chi connectivity index (χ0n) is 32.8. The minimum Gasteiger partial charge on any atom is -1.00 e. The number of ether oxygens (including phenoxy) is 2. The molecule has 0 aliphatic rings. The van der Waals surface area contributed by atoms with E-state index in [0.717, 1.165) is 51.4 Å². The van der Waals surface area contributed by atoms with Crippen LogP contribution >= 0.6 is 0 Å². The van der Waals surface area contributed by atoms with Gasteiger partial charge in [-0.3, -0.25) is 14.1 Å². The topological polar surface area (TPSA) is 52.6 Å². The molecule has 0 fully saturated rings. The van der Waals surface area contributed by atoms with E-state index in [2.05, 4.69) is 38.2 Å². The fourth-order valence-electron chi connectivity index (χ4n) is 6.05. The fraction of sp³-hybridized carbons (Fsp3) is 0.857. The smallest absolute Gasteiger partial charge is 0.407 e. The minimum atomic E-state index is -1.28. The molecule has 284 valence electrons. The molecule has 0 N–H and O–H groups in total. The van der Waals surface area contributed by atoms with Gasteiger partial charge in [-0.25, -0.2) is 0 Å². The number of rotatable bonds is 34. The molecule has 0 aliphatic carbocycles. The van der Waals surface area contributed by atoms with Gasteiger partial charge >= 0.3 is 17.8 Å². The van der Waals surface area contributed by atoms with E-state index in [1.165, 1.54) is 116 Å². The molecule has 0 saturated heterocycles. The van der Waals surface area contributed by atoms with E-state index in [4.69, 9.17) is 9.47 Å². The van der Waals surface area contributed by atoms with Crippen LogP contribution in [0, 0.1) is 0 Å². The molecule has 5 nitrogen and oxygen atoms in total. The standard InChI is InChI=1S/C42H80NO4.ClH/c1-7-10-12-14-16-18-20-22-24-26-28-30-32-34-36-38-40(44)46-42(9-3,43(4,5)6)47-41(45)39-37-35-33-31-29-27-25-23-21-19-17-15-13-11-8-2;/h22-25H,7-21,26-39H2,1-6H3;1H/q+1;/p-1. The molecule has 0 unspecified atom stereocenters. The van der Waals surface area contributed by atoms with Gasteiger partial charge in [0.2, 0.25) is 0 Å². The first kappa shape index (κ1) is 48.8. The van der Waals surface area contributed by atoms with Gasteiger partial charge in [0.05, 0.1) is 27.6 Å². The van der Waals surface area contributed by atoms with Crippen molar-refractivity contribution in [1.82, 2.24) is 0 Å². The second kappa shape index (κ2) is 34.1. The Morgan fingerprint density at radius 1 is 0.458 bits per heavy atom. The summed E-state index contributed by atoms with van der Waals surface area (Å²) in [7, 11) is 5.77. The Morgan fingerprint density at radius 3 is 1.00 bits per heavy atom. The molecule has 48 heavy (non-hydrogen) atoms. The second-order valence-corrected chi connectivity index (χ2v) is 14.7. The summed E-state index contributed by atoms with van der Waals surface area (Å²) in [6.45, 7) is 6.46. The van der Waals surface area contributed by atoms with Crippen LogP contribution in [0.5, 0.6) is 0 Å². The number of carbonyl (C=O) groups excluding carboxylic acids is 2. The number of quaternary nitrogens is 1. The summed E-state index contributed by atoms with van der Waals surface area (Å²) in [6.07, 6.45) is 42.4. The summed E-state index contributed by atoms with van der Waals surface area (Å²) in [5, 5.41) is 0. The average molecular weight is 699 g/mol. The number of nitrogens with zero attached hydrogens (tertiary/aromatic N) is 1. The molecule has 0 aromatic rings. The fourth-order valence-corrected chi connectivity index (χ4v) is 6.05. The van der Waals surface area contributed by atoms with E-state index in [1.54, 1.807) is 0 Å². The first-order valence-electron chi connectivity index (χ1n) is 20.3. The first-order chi connectivity index (χ1) is 22.7. The van der Waals surface area contributed by atoms with Crippen molar-refractivity contribution in [3.05, 3.63) is 24.3 Å². The third-order valence-corrected chi connectivity index (χ3v) is 9.30. The molecule has 0 amide bonds. The van der Waals surface area contributed by atoms with Crippen molar-refractivity contribution in [1.29, 1.82) is 0 Å². The molecular weight excluding hydrogens is 618 g/mol. The van der Waals surface area contributed by atoms with E-state index in [-0.39, 0.29) is 28.8 Å². The van der Waals surface area contributed by atoms with Crippen LogP contribution in [0.25, 0.3) is 0 Å². The van der Waals surface area contributed by atoms with Gasteiger partial charge in [0.1, 0.15) is 0 Å². The molecule has 6 heteroatoms. The molecule has 0 aromatic heterocycles. The van der Waals surface area contributed by atoms with Crippen LogP contribution in [0.4, 0.5) is 0 Å². The number of unbranched alkanes of at least 4 members (excludes halogenated alkanes) is 22. The number of allylic oxidation sites excluding steroid dienone is 4. The Hall–Kier alpha value is -1.33. The highest BCUT2D eigenvalue weighted by Crippen LogP contribution is 2.28. The van der Waals surface area contributed by atoms with Gasteiger partial charge in [0, 0.05) is 12.8 Å². The highest BCUT2D eigenvalue weighted by Gasteiger charge is 2.50. The number of carbonyl (C=O) groups is 2. The third kappa shape index (κ3) is 28.5. The summed E-state index contributed by atoms with van der Waals surface area (Å²) in [4.78, 5) is 25.7. The van der Waals surface area contributed by atoms with Gasteiger partial charge in [-0.1, -0.05) is 148 Å². The monoisotopic (exact) mass is 698 g/mol. The maximum Gasteiger partial charge on any atom is 0.407 e. The summed E-state index contributed by atoms with van der Waals surface area (Å²) >= 11 is 0. The summed E-state index contributed by atoms with van der Waals surface area (Å²) < 4.78 is 12.1. The van der Waals surface area contributed by atoms with Crippen molar-refractivity contribution in [2.75, 3.05) is 21.1 Å². The van der Waals surface area contributed by atoms with E-state index in [1.807, 2.05) is 28.1 Å². The summed E-state index contributed by atoms with van der Waals surface area (Å²) in [6, 6.07) is 0. The Balaban J connectivity index is 0. The predicted octanol–water partition coefficient (Wildman–Crippen LogP) is 9.92. The summed E-state index contributed by atoms with van der Waals surface area (Å²) in [5.74, 6) is -1.82. The lowest BCUT2D eigenvalue weighted by Gasteiger charge is -2.42. The lowest BCUT2D eigenvalue weighted by atomic mass is 10.1. The maximum absolute atomic E-state index is 12.8. The molecule has 0 saturated carbocycles. The molecule has 0 atom stereocenters. The van der Waals surface area contributed by atoms with Crippen LogP contribution in [0.1, 0.15) is 207 Å². The van der Waals surface area contributed by atoms with Crippen molar-refractivity contribution in [2.45, 2.75) is 213 Å². The van der Waals surface area contributed by atoms with Crippen LogP contribution in [-0.2, 0) is 19.1 Å². The van der Waals surface area contributed by atoms with Gasteiger partial charge < -0.3 is 21.9 Å². The van der Waals surface area contributed by atoms with Crippen molar-refractivity contribution in [2.24, 2.45) is 0 Å². The van der Waals surface area contributed by atoms with Crippen LogP contribution in [0.3, 0.4) is 0 Å². The number of hydrogen-bond donors (Lipinski definition) is 0. The highest BCUT2D eigenvalue weighted by molar-refractivity contribution is 5.71. The Labute approximate surface area is 305 Å². The Morgan fingerprint density at radius 2 is 0.729 bits per heavy atom. The molecule has 0 spiro atoms. The van der Waals surface area contributed by atoms with Crippen molar-refractivity contribution in [3.63, 3.8) is 0 Å². The quantitative estimate of drug-likeness (QED) is 0.0221. The molecule has 0 aliphatic heterocycles. The van der Waals surface area contributed by atoms with Gasteiger partial charge in [0.25, 0.3) is 0 Å². The molecule has 0 heterocycles. The largest absolute Gasteiger partial charge is 1.00 e. The number of hydrogen-bond acceptors (Lipinski definition) is 4. The summed E-state index contributed by atoms with van der Waals surface area (Å²) in [5.41, 5.74) is 0. The minimum absolute atomic E-state index is 0. The lowest BCUT2D eigenvalue weighted by Crippen LogP contribution is -3.00. The van der Waals surface area contributed by atoms with E-state index in [9.17, 15) is 9.59 Å². The second-order valence-electron chi connectivity index (χ2n) is 14.7. The average Bonchev–Trinajstić information content (AvgIpc) is 3.03. The van der Waals surface area contributed by atoms with Crippen LogP contribution in [0.2, 0.25) is 0 Å². The van der Waals surface area contributed by atoms with Crippen LogP contribution < -0.4 is 12.4 Å². The highest BCUT2D eigenvalue weighted by atomic mass is 35.5. The van der Waals surface area contributed by atoms with Gasteiger partial charge in [-0.05, 0) is 64.2 Å². The van der Waals surface area contributed by atoms with E-state index < -0.39 is 5.91 Å². The molecule has 0 radical (unpaired) electrons. The van der Waals surface area contributed by atoms with E-state index in [0.29, 0.717) is 19.3 Å².